The predicted molar refractivity (Wildman–Crippen MR) is 164 cm³/mol. The van der Waals surface area contributed by atoms with E-state index < -0.39 is 5.91 Å². The number of allylic oxidation sites excluding steroid dienone is 3. The topological polar surface area (TPSA) is 141 Å². The van der Waals surface area contributed by atoms with Gasteiger partial charge in [-0.1, -0.05) is 38.5 Å². The molecule has 3 amide bonds. The molecule has 0 bridgehead atoms. The first kappa shape index (κ1) is 30.2. The molecule has 1 aromatic rings. The number of likely N-dealkylation sites (tertiary alicyclic amines) is 1. The summed E-state index contributed by atoms with van der Waals surface area (Å²) in [6.45, 7) is 0.502. The Kier molecular flexibility index (Phi) is 9.73. The van der Waals surface area contributed by atoms with Gasteiger partial charge in [0.05, 0.1) is 17.7 Å². The lowest BCUT2D eigenvalue weighted by atomic mass is 9.95. The number of nitrogens with zero attached hydrogens (tertiary/aromatic N) is 5. The van der Waals surface area contributed by atoms with Crippen LogP contribution in [0.4, 0.5) is 0 Å². The van der Waals surface area contributed by atoms with Crippen LogP contribution in [0.15, 0.2) is 44.4 Å². The minimum Gasteiger partial charge on any atom is -0.428 e. The van der Waals surface area contributed by atoms with Crippen LogP contribution < -0.4 is 15.6 Å². The SMILES string of the molecule is CN=COc1[nH]n(C2CCCCC2)c(=O)c1C=CC(=C/C=C1\C(=O)N(C2CCCCC2)N=C1C(=O)NC)N1CCCC1=O. The minimum absolute atomic E-state index is 0.0414. The van der Waals surface area contributed by atoms with E-state index in [4.69, 9.17) is 4.74 Å². The Balaban J connectivity index is 1.51. The van der Waals surface area contributed by atoms with Crippen molar-refractivity contribution in [1.82, 2.24) is 25.0 Å². The summed E-state index contributed by atoms with van der Waals surface area (Å²) in [4.78, 5) is 58.1. The molecule has 2 aliphatic carbocycles. The molecule has 12 heteroatoms. The highest BCUT2D eigenvalue weighted by molar-refractivity contribution is 6.52. The number of carbonyl (C=O) groups is 3. The van der Waals surface area contributed by atoms with Crippen LogP contribution in [0.1, 0.15) is 88.7 Å². The molecule has 2 saturated carbocycles. The number of rotatable bonds is 9. The first-order chi connectivity index (χ1) is 20.9. The average molecular weight is 592 g/mol. The van der Waals surface area contributed by atoms with E-state index in [2.05, 4.69) is 20.5 Å². The third-order valence-electron chi connectivity index (χ3n) is 8.62. The van der Waals surface area contributed by atoms with Gasteiger partial charge in [-0.2, -0.15) is 5.10 Å². The smallest absolute Gasteiger partial charge is 0.278 e. The van der Waals surface area contributed by atoms with Gasteiger partial charge in [0.15, 0.2) is 12.1 Å². The molecule has 12 nitrogen and oxygen atoms in total. The first-order valence-electron chi connectivity index (χ1n) is 15.4. The third kappa shape index (κ3) is 6.57. The number of hydrazone groups is 1. The lowest BCUT2D eigenvalue weighted by molar-refractivity contribution is -0.128. The highest BCUT2D eigenvalue weighted by Gasteiger charge is 2.38. The first-order valence-corrected chi connectivity index (χ1v) is 15.4. The molecule has 1 saturated heterocycles. The number of aliphatic imine (C=N–C) groups is 1. The van der Waals surface area contributed by atoms with Crippen LogP contribution in [0, 0.1) is 0 Å². The van der Waals surface area contributed by atoms with Gasteiger partial charge in [0, 0.05) is 32.8 Å². The molecule has 0 aromatic carbocycles. The predicted octanol–water partition coefficient (Wildman–Crippen LogP) is 3.44. The lowest BCUT2D eigenvalue weighted by Crippen LogP contribution is -2.35. The van der Waals surface area contributed by atoms with E-state index in [1.54, 1.807) is 40.9 Å². The van der Waals surface area contributed by atoms with Crippen molar-refractivity contribution in [2.45, 2.75) is 89.1 Å². The molecule has 0 radical (unpaired) electrons. The number of hydrogen-bond donors (Lipinski definition) is 2. The van der Waals surface area contributed by atoms with Gasteiger partial charge in [0.25, 0.3) is 17.4 Å². The summed E-state index contributed by atoms with van der Waals surface area (Å²) in [5, 5.41) is 11.6. The maximum Gasteiger partial charge on any atom is 0.278 e. The standard InChI is InChI=1S/C31H41N7O5/c1-32-20-43-29-25(31(42)38(35-29)23-12-7-4-8-13-23)18-16-21(36-19-9-14-26(36)39)15-17-24-27(28(40)33-2)34-37(30(24)41)22-10-5-3-6-11-22/h15-18,20,22-23,35H,3-14,19H2,1-2H3,(H,33,40)/b18-16?,21-15?,24-17-,32-20?. The molecule has 4 aliphatic rings. The summed E-state index contributed by atoms with van der Waals surface area (Å²) < 4.78 is 7.29. The largest absolute Gasteiger partial charge is 0.428 e. The van der Waals surface area contributed by atoms with Crippen LogP contribution in [-0.2, 0) is 14.4 Å². The summed E-state index contributed by atoms with van der Waals surface area (Å²) >= 11 is 0. The number of amides is 3. The fourth-order valence-electron chi connectivity index (χ4n) is 6.32. The summed E-state index contributed by atoms with van der Waals surface area (Å²) in [7, 11) is 3.08. The maximum absolute atomic E-state index is 13.5. The molecule has 3 heterocycles. The molecule has 1 aromatic heterocycles. The Labute approximate surface area is 251 Å². The van der Waals surface area contributed by atoms with Gasteiger partial charge in [-0.05, 0) is 56.4 Å². The van der Waals surface area contributed by atoms with E-state index in [1.807, 2.05) is 0 Å². The van der Waals surface area contributed by atoms with Crippen molar-refractivity contribution in [3.8, 4) is 5.88 Å². The van der Waals surface area contributed by atoms with Crippen LogP contribution in [0.5, 0.6) is 5.88 Å². The third-order valence-corrected chi connectivity index (χ3v) is 8.62. The Morgan fingerprint density at radius 2 is 1.72 bits per heavy atom. The summed E-state index contributed by atoms with van der Waals surface area (Å²) in [6, 6.07) is 0.0208. The van der Waals surface area contributed by atoms with Gasteiger partial charge in [0.1, 0.15) is 5.56 Å². The average Bonchev–Trinajstić information content (AvgIpc) is 3.71. The number of aromatic amines is 1. The summed E-state index contributed by atoms with van der Waals surface area (Å²) in [5.41, 5.74) is 0.822. The van der Waals surface area contributed by atoms with Crippen LogP contribution in [0.3, 0.4) is 0 Å². The Bertz CT molecular complexity index is 1430. The van der Waals surface area contributed by atoms with Crippen LogP contribution in [-0.4, -0.2) is 76.2 Å². The number of aromatic nitrogens is 2. The minimum atomic E-state index is -0.449. The maximum atomic E-state index is 13.5. The van der Waals surface area contributed by atoms with E-state index in [0.29, 0.717) is 30.6 Å². The fourth-order valence-corrected chi connectivity index (χ4v) is 6.32. The molecule has 5 rings (SSSR count). The van der Waals surface area contributed by atoms with Crippen LogP contribution in [0.25, 0.3) is 6.08 Å². The van der Waals surface area contributed by atoms with Crippen molar-refractivity contribution < 1.29 is 19.1 Å². The van der Waals surface area contributed by atoms with E-state index >= 15 is 0 Å². The monoisotopic (exact) mass is 591 g/mol. The number of H-pyrrole nitrogens is 1. The second-order valence-corrected chi connectivity index (χ2v) is 11.4. The van der Waals surface area contributed by atoms with E-state index in [9.17, 15) is 19.2 Å². The normalized spacial score (nSPS) is 22.0. The molecule has 43 heavy (non-hydrogen) atoms. The lowest BCUT2D eigenvalue weighted by Gasteiger charge is -2.27. The van der Waals surface area contributed by atoms with Crippen molar-refractivity contribution in [1.29, 1.82) is 0 Å². The molecule has 2 aliphatic heterocycles. The second kappa shape index (κ2) is 13.8. The van der Waals surface area contributed by atoms with Gasteiger partial charge >= 0.3 is 0 Å². The Hall–Kier alpha value is -4.22. The quantitative estimate of drug-likeness (QED) is 0.196. The van der Waals surface area contributed by atoms with Crippen LogP contribution >= 0.6 is 0 Å². The molecule has 0 unspecified atom stereocenters. The Morgan fingerprint density at radius 1 is 1.02 bits per heavy atom. The molecular weight excluding hydrogens is 550 g/mol. The molecule has 0 spiro atoms. The number of hydrogen-bond acceptors (Lipinski definition) is 7. The van der Waals surface area contributed by atoms with Crippen molar-refractivity contribution in [2.24, 2.45) is 10.1 Å². The molecule has 230 valence electrons. The molecule has 3 fully saturated rings. The Morgan fingerprint density at radius 3 is 2.35 bits per heavy atom. The molecule has 2 N–H and O–H groups in total. The van der Waals surface area contributed by atoms with Crippen molar-refractivity contribution in [3.05, 3.63) is 45.4 Å². The van der Waals surface area contributed by atoms with Gasteiger partial charge in [-0.25, -0.2) is 9.69 Å². The highest BCUT2D eigenvalue weighted by Crippen LogP contribution is 2.30. The highest BCUT2D eigenvalue weighted by atomic mass is 16.5. The van der Waals surface area contributed by atoms with Gasteiger partial charge < -0.3 is 15.0 Å². The number of carbonyl (C=O) groups excluding carboxylic acids is 3. The zero-order valence-corrected chi connectivity index (χ0v) is 25.0. The van der Waals surface area contributed by atoms with E-state index in [-0.39, 0.29) is 46.6 Å². The van der Waals surface area contributed by atoms with Crippen molar-refractivity contribution >= 4 is 35.9 Å². The molecular formula is C31H41N7O5. The van der Waals surface area contributed by atoms with Crippen LogP contribution in [0.2, 0.25) is 0 Å². The zero-order valence-electron chi connectivity index (χ0n) is 25.0. The van der Waals surface area contributed by atoms with Gasteiger partial charge in [-0.3, -0.25) is 29.3 Å². The van der Waals surface area contributed by atoms with Gasteiger partial charge in [-0.15, -0.1) is 0 Å². The van der Waals surface area contributed by atoms with Crippen molar-refractivity contribution in [3.63, 3.8) is 0 Å². The van der Waals surface area contributed by atoms with E-state index in [0.717, 1.165) is 64.2 Å². The summed E-state index contributed by atoms with van der Waals surface area (Å²) in [5.74, 6) is -0.561. The number of ether oxygens (including phenoxy) is 1. The second-order valence-electron chi connectivity index (χ2n) is 11.4. The van der Waals surface area contributed by atoms with E-state index in [1.165, 1.54) is 18.5 Å². The number of nitrogens with one attached hydrogen (secondary N) is 2. The molecule has 0 atom stereocenters. The zero-order chi connectivity index (χ0) is 30.3. The fraction of sp³-hybridized carbons (Fsp3) is 0.548. The van der Waals surface area contributed by atoms with Gasteiger partial charge in [0.2, 0.25) is 11.8 Å². The summed E-state index contributed by atoms with van der Waals surface area (Å²) in [6.07, 6.45) is 18.8. The van der Waals surface area contributed by atoms with Crippen molar-refractivity contribution in [2.75, 3.05) is 20.6 Å².